The number of rotatable bonds is 7. The van der Waals surface area contributed by atoms with Crippen LogP contribution in [0.5, 0.6) is 0 Å². The number of halogens is 2. The highest BCUT2D eigenvalue weighted by Crippen LogP contribution is 2.32. The summed E-state index contributed by atoms with van der Waals surface area (Å²) in [5, 5.41) is 5.03. The Morgan fingerprint density at radius 1 is 1.24 bits per heavy atom. The van der Waals surface area contributed by atoms with Crippen molar-refractivity contribution < 1.29 is 14.3 Å². The minimum absolute atomic E-state index is 0.0595. The molecule has 0 bridgehead atoms. The maximum Gasteiger partial charge on any atom is 0.272 e. The third kappa shape index (κ3) is 6.49. The molecule has 0 saturated carbocycles. The molecule has 1 amide bonds. The molecule has 3 N–H and O–H groups in total. The van der Waals surface area contributed by atoms with Gasteiger partial charge in [-0.3, -0.25) is 4.79 Å². The van der Waals surface area contributed by atoms with E-state index in [1.807, 2.05) is 17.9 Å². The van der Waals surface area contributed by atoms with Gasteiger partial charge < -0.3 is 30.3 Å². The van der Waals surface area contributed by atoms with Crippen LogP contribution < -0.4 is 11.1 Å². The lowest BCUT2D eigenvalue weighted by Gasteiger charge is -2.38. The molecule has 2 atom stereocenters. The summed E-state index contributed by atoms with van der Waals surface area (Å²) in [6, 6.07) is 4.33. The number of hydrogen-bond acceptors (Lipinski definition) is 6. The third-order valence-electron chi connectivity index (χ3n) is 7.66. The number of hydrogen-bond donors (Lipinski definition) is 2. The van der Waals surface area contributed by atoms with Gasteiger partial charge in [-0.25, -0.2) is 4.99 Å². The van der Waals surface area contributed by atoms with Crippen molar-refractivity contribution in [2.75, 3.05) is 40.0 Å². The normalized spacial score (nSPS) is 23.7. The van der Waals surface area contributed by atoms with Crippen LogP contribution in [0.4, 0.5) is 0 Å². The summed E-state index contributed by atoms with van der Waals surface area (Å²) in [4.78, 5) is 21.8. The summed E-state index contributed by atoms with van der Waals surface area (Å²) in [7, 11) is 1.73. The molecule has 8 nitrogen and oxygen atoms in total. The molecule has 1 aromatic carbocycles. The summed E-state index contributed by atoms with van der Waals surface area (Å²) in [6.07, 6.45) is 4.67. The smallest absolute Gasteiger partial charge is 0.272 e. The molecule has 2 unspecified atom stereocenters. The lowest BCUT2D eigenvalue weighted by atomic mass is 9.98. The van der Waals surface area contributed by atoms with Gasteiger partial charge in [0.2, 0.25) is 0 Å². The highest BCUT2D eigenvalue weighted by atomic mass is 35.5. The zero-order valence-corrected chi connectivity index (χ0v) is 23.2. The number of nitrogens with two attached hydrogens (primary N) is 1. The number of methoxy groups -OCH3 is 1. The highest BCUT2D eigenvalue weighted by molar-refractivity contribution is 6.35. The van der Waals surface area contributed by atoms with Crippen LogP contribution in [0.15, 0.2) is 40.7 Å². The Labute approximate surface area is 229 Å². The van der Waals surface area contributed by atoms with Crippen molar-refractivity contribution >= 4 is 35.4 Å². The number of nitrogens with one attached hydrogen (secondary N) is 1. The van der Waals surface area contributed by atoms with E-state index in [9.17, 15) is 4.79 Å². The van der Waals surface area contributed by atoms with E-state index in [4.69, 9.17) is 38.4 Å². The molecule has 0 aliphatic carbocycles. The first-order valence-corrected chi connectivity index (χ1v) is 13.6. The Hall–Kier alpha value is -2.10. The van der Waals surface area contributed by atoms with Crippen LogP contribution in [0, 0.1) is 0 Å². The van der Waals surface area contributed by atoms with Crippen LogP contribution in [0.3, 0.4) is 0 Å². The molecular formula is C27H37Cl2N5O3. The van der Waals surface area contributed by atoms with Gasteiger partial charge in [0, 0.05) is 73.3 Å². The first kappa shape index (κ1) is 27.9. The van der Waals surface area contributed by atoms with E-state index in [0.29, 0.717) is 53.6 Å². The molecule has 1 aromatic rings. The summed E-state index contributed by atoms with van der Waals surface area (Å²) in [6.45, 7) is 10.2. The average Bonchev–Trinajstić information content (AvgIpc) is 2.91. The van der Waals surface area contributed by atoms with Gasteiger partial charge in [0.1, 0.15) is 5.70 Å². The van der Waals surface area contributed by atoms with Gasteiger partial charge >= 0.3 is 0 Å². The van der Waals surface area contributed by atoms with Crippen molar-refractivity contribution in [2.24, 2.45) is 10.7 Å². The number of benzene rings is 1. The summed E-state index contributed by atoms with van der Waals surface area (Å²) < 4.78 is 11.1. The lowest BCUT2D eigenvalue weighted by molar-refractivity contribution is -0.128. The molecule has 3 aliphatic heterocycles. The molecule has 202 valence electrons. The molecule has 4 rings (SSSR count). The lowest BCUT2D eigenvalue weighted by Crippen LogP contribution is -2.54. The van der Waals surface area contributed by atoms with Crippen molar-refractivity contribution in [2.45, 2.75) is 57.3 Å². The third-order valence-corrected chi connectivity index (χ3v) is 8.22. The number of allylic oxidation sites excluding steroid dienone is 1. The van der Waals surface area contributed by atoms with Crippen LogP contribution >= 0.6 is 23.2 Å². The number of likely N-dealkylation sites (tertiary alicyclic amines) is 1. The maximum atomic E-state index is 13.5. The Kier molecular flexibility index (Phi) is 9.53. The first-order valence-electron chi connectivity index (χ1n) is 12.8. The Morgan fingerprint density at radius 2 is 2.00 bits per heavy atom. The van der Waals surface area contributed by atoms with Gasteiger partial charge in [-0.05, 0) is 55.9 Å². The minimum atomic E-state index is -0.122. The number of aliphatic imine (C=N–C) groups is 1. The second-order valence-electron chi connectivity index (χ2n) is 9.87. The number of fused-ring (bicyclic) bond motifs is 1. The molecule has 2 saturated heterocycles. The van der Waals surface area contributed by atoms with Crippen LogP contribution in [0.2, 0.25) is 10.0 Å². The number of nitrogens with zero attached hydrogens (tertiary/aromatic N) is 3. The zero-order chi connectivity index (χ0) is 26.5. The Morgan fingerprint density at radius 3 is 2.70 bits per heavy atom. The van der Waals surface area contributed by atoms with Crippen LogP contribution in [-0.2, 0) is 27.2 Å². The summed E-state index contributed by atoms with van der Waals surface area (Å²) in [5.41, 5.74) is 9.64. The molecular weight excluding hydrogens is 513 g/mol. The quantitative estimate of drug-likeness (QED) is 0.234. The fourth-order valence-electron chi connectivity index (χ4n) is 5.44. The van der Waals surface area contributed by atoms with Crippen LogP contribution in [0.1, 0.15) is 37.3 Å². The number of amides is 1. The van der Waals surface area contributed by atoms with Crippen LogP contribution in [-0.4, -0.2) is 80.2 Å². The minimum Gasteiger partial charge on any atom is -0.390 e. The standard InChI is InChI=1S/C27H37Cl2N5O3/c1-17(18(2)34-10-6-22-19(14-34)12-20(28)13-23(22)29)26(31-16-30)27(35)33-8-4-21(5-9-33)32-24-7-11-37-15-25(24)36-3/h12-13,16,21,24-25,32H,2,4-11,14-15H2,1,3H3,(H2,30,31)/b26-17-. The zero-order valence-electron chi connectivity index (χ0n) is 21.6. The Balaban J connectivity index is 1.41. The van der Waals surface area contributed by atoms with Gasteiger partial charge in [0.25, 0.3) is 5.91 Å². The summed E-state index contributed by atoms with van der Waals surface area (Å²) in [5.74, 6) is -0.122. The molecule has 0 spiro atoms. The maximum absolute atomic E-state index is 13.5. The van der Waals surface area contributed by atoms with E-state index in [-0.39, 0.29) is 18.1 Å². The van der Waals surface area contributed by atoms with Crippen molar-refractivity contribution in [1.82, 2.24) is 15.1 Å². The fourth-order valence-corrected chi connectivity index (χ4v) is 6.07. The largest absolute Gasteiger partial charge is 0.390 e. The molecule has 0 aromatic heterocycles. The topological polar surface area (TPSA) is 92.4 Å². The van der Waals surface area contributed by atoms with E-state index >= 15 is 0 Å². The fraction of sp³-hybridized carbons (Fsp3) is 0.556. The first-order chi connectivity index (χ1) is 17.8. The second kappa shape index (κ2) is 12.6. The van der Waals surface area contributed by atoms with Crippen molar-refractivity contribution in [1.29, 1.82) is 0 Å². The Bertz CT molecular complexity index is 1070. The molecule has 2 fully saturated rings. The monoisotopic (exact) mass is 549 g/mol. The van der Waals surface area contributed by atoms with Crippen LogP contribution in [0.25, 0.3) is 0 Å². The van der Waals surface area contributed by atoms with Gasteiger partial charge in [-0.1, -0.05) is 29.8 Å². The molecule has 10 heteroatoms. The van der Waals surface area contributed by atoms with Crippen molar-refractivity contribution in [3.63, 3.8) is 0 Å². The predicted molar refractivity (Wildman–Crippen MR) is 148 cm³/mol. The van der Waals surface area contributed by atoms with Gasteiger partial charge in [-0.2, -0.15) is 0 Å². The van der Waals surface area contributed by atoms with Crippen molar-refractivity contribution in [3.8, 4) is 0 Å². The molecule has 0 radical (unpaired) electrons. The van der Waals surface area contributed by atoms with E-state index in [1.165, 1.54) is 6.34 Å². The SMILES string of the molecule is C=C(/C(C)=C(\N=C/N)C(=O)N1CCC(NC2CCOCC2OC)CC1)N1CCc2c(Cl)cc(Cl)cc2C1. The summed E-state index contributed by atoms with van der Waals surface area (Å²) >= 11 is 12.6. The van der Waals surface area contributed by atoms with Gasteiger partial charge in [0.05, 0.1) is 19.0 Å². The van der Waals surface area contributed by atoms with E-state index in [2.05, 4.69) is 21.8 Å². The molecule has 37 heavy (non-hydrogen) atoms. The highest BCUT2D eigenvalue weighted by Gasteiger charge is 2.31. The van der Waals surface area contributed by atoms with E-state index < -0.39 is 0 Å². The van der Waals surface area contributed by atoms with E-state index in [1.54, 1.807) is 13.2 Å². The number of carbonyl (C=O) groups excluding carboxylic acids is 1. The van der Waals surface area contributed by atoms with E-state index in [0.717, 1.165) is 55.7 Å². The average molecular weight is 551 g/mol. The van der Waals surface area contributed by atoms with Gasteiger partial charge in [-0.15, -0.1) is 0 Å². The van der Waals surface area contributed by atoms with Crippen molar-refractivity contribution in [3.05, 3.63) is 56.9 Å². The predicted octanol–water partition coefficient (Wildman–Crippen LogP) is 3.51. The second-order valence-corrected chi connectivity index (χ2v) is 10.7. The van der Waals surface area contributed by atoms with Gasteiger partial charge in [0.15, 0.2) is 0 Å². The number of carbonyl (C=O) groups is 1. The molecule has 3 heterocycles. The number of ether oxygens (including phenoxy) is 2. The molecule has 3 aliphatic rings. The number of piperidine rings is 1.